The monoisotopic (exact) mass is 186 g/mol. The average molecular weight is 186 g/mol. The summed E-state index contributed by atoms with van der Waals surface area (Å²) in [5.74, 6) is 0. The summed E-state index contributed by atoms with van der Waals surface area (Å²) < 4.78 is 6.36. The third-order valence-electron chi connectivity index (χ3n) is 3.19. The van der Waals surface area contributed by atoms with E-state index in [4.69, 9.17) is 4.74 Å². The van der Waals surface area contributed by atoms with Gasteiger partial charge in [-0.25, -0.2) is 0 Å². The standard InChI is InChI=1S/C11H24NO/c1-12(9-5-6-10-12)8-4-3-7-11-13-2/h3-11H2,1-2H3/q+1. The van der Waals surface area contributed by atoms with Crippen LogP contribution >= 0.6 is 0 Å². The van der Waals surface area contributed by atoms with Crippen LogP contribution in [0.3, 0.4) is 0 Å². The highest BCUT2D eigenvalue weighted by atomic mass is 16.5. The van der Waals surface area contributed by atoms with Gasteiger partial charge < -0.3 is 9.22 Å². The Morgan fingerprint density at radius 1 is 1.08 bits per heavy atom. The Hall–Kier alpha value is -0.0800. The van der Waals surface area contributed by atoms with Crippen LogP contribution in [0.4, 0.5) is 0 Å². The summed E-state index contributed by atoms with van der Waals surface area (Å²) >= 11 is 0. The second kappa shape index (κ2) is 5.61. The Balaban J connectivity index is 1.98. The molecule has 0 saturated carbocycles. The highest BCUT2D eigenvalue weighted by Crippen LogP contribution is 2.17. The Morgan fingerprint density at radius 2 is 1.77 bits per heavy atom. The molecule has 0 aliphatic carbocycles. The van der Waals surface area contributed by atoms with Crippen molar-refractivity contribution in [1.29, 1.82) is 0 Å². The van der Waals surface area contributed by atoms with Gasteiger partial charge in [0.25, 0.3) is 0 Å². The van der Waals surface area contributed by atoms with E-state index >= 15 is 0 Å². The van der Waals surface area contributed by atoms with E-state index in [0.29, 0.717) is 0 Å². The van der Waals surface area contributed by atoms with Crippen LogP contribution in [0.5, 0.6) is 0 Å². The molecule has 1 heterocycles. The first-order valence-corrected chi connectivity index (χ1v) is 5.59. The lowest BCUT2D eigenvalue weighted by Gasteiger charge is -2.29. The Morgan fingerprint density at radius 3 is 2.38 bits per heavy atom. The van der Waals surface area contributed by atoms with Crippen molar-refractivity contribution >= 4 is 0 Å². The van der Waals surface area contributed by atoms with Crippen LogP contribution in [0.15, 0.2) is 0 Å². The van der Waals surface area contributed by atoms with Crippen molar-refractivity contribution in [2.75, 3.05) is 40.4 Å². The molecule has 2 heteroatoms. The number of rotatable bonds is 6. The van der Waals surface area contributed by atoms with Gasteiger partial charge in [0.15, 0.2) is 0 Å². The molecule has 78 valence electrons. The molecule has 1 saturated heterocycles. The van der Waals surface area contributed by atoms with Gasteiger partial charge >= 0.3 is 0 Å². The minimum atomic E-state index is 0.934. The third kappa shape index (κ3) is 4.10. The van der Waals surface area contributed by atoms with Gasteiger partial charge in [0.1, 0.15) is 0 Å². The zero-order valence-corrected chi connectivity index (χ0v) is 9.22. The molecule has 13 heavy (non-hydrogen) atoms. The fourth-order valence-corrected chi connectivity index (χ4v) is 2.24. The highest BCUT2D eigenvalue weighted by Gasteiger charge is 2.25. The fourth-order valence-electron chi connectivity index (χ4n) is 2.24. The molecule has 1 aliphatic rings. The first-order valence-electron chi connectivity index (χ1n) is 5.59. The molecule has 0 aromatic rings. The lowest BCUT2D eigenvalue weighted by Crippen LogP contribution is -2.41. The quantitative estimate of drug-likeness (QED) is 0.455. The smallest absolute Gasteiger partial charge is 0.0786 e. The lowest BCUT2D eigenvalue weighted by molar-refractivity contribution is -0.897. The molecule has 0 N–H and O–H groups in total. The second-order valence-corrected chi connectivity index (χ2v) is 4.55. The van der Waals surface area contributed by atoms with E-state index in [2.05, 4.69) is 7.05 Å². The number of ether oxygens (including phenoxy) is 1. The molecular weight excluding hydrogens is 162 g/mol. The summed E-state index contributed by atoms with van der Waals surface area (Å²) in [6.45, 7) is 5.13. The summed E-state index contributed by atoms with van der Waals surface area (Å²) in [4.78, 5) is 0. The van der Waals surface area contributed by atoms with Crippen LogP contribution in [0, 0.1) is 0 Å². The van der Waals surface area contributed by atoms with Crippen LogP contribution < -0.4 is 0 Å². The summed E-state index contributed by atoms with van der Waals surface area (Å²) in [7, 11) is 4.19. The Bertz CT molecular complexity index is 130. The number of methoxy groups -OCH3 is 1. The van der Waals surface area contributed by atoms with Gasteiger partial charge in [-0.1, -0.05) is 0 Å². The number of quaternary nitrogens is 1. The molecule has 0 radical (unpaired) electrons. The van der Waals surface area contributed by atoms with Gasteiger partial charge in [-0.15, -0.1) is 0 Å². The summed E-state index contributed by atoms with van der Waals surface area (Å²) in [5, 5.41) is 0. The van der Waals surface area contributed by atoms with Crippen LogP contribution in [0.2, 0.25) is 0 Å². The van der Waals surface area contributed by atoms with Crippen molar-refractivity contribution in [3.8, 4) is 0 Å². The first kappa shape index (κ1) is 11.0. The zero-order valence-electron chi connectivity index (χ0n) is 9.22. The molecular formula is C11H24NO+. The number of unbranched alkanes of at least 4 members (excludes halogenated alkanes) is 2. The summed E-state index contributed by atoms with van der Waals surface area (Å²) in [5.41, 5.74) is 0. The van der Waals surface area contributed by atoms with E-state index < -0.39 is 0 Å². The largest absolute Gasteiger partial charge is 0.385 e. The van der Waals surface area contributed by atoms with Crippen LogP contribution in [-0.2, 0) is 4.74 Å². The van der Waals surface area contributed by atoms with Gasteiger partial charge in [0.05, 0.1) is 26.7 Å². The number of hydrogen-bond acceptors (Lipinski definition) is 1. The molecule has 0 unspecified atom stereocenters. The van der Waals surface area contributed by atoms with E-state index in [0.717, 1.165) is 6.61 Å². The number of hydrogen-bond donors (Lipinski definition) is 0. The molecule has 0 aromatic carbocycles. The van der Waals surface area contributed by atoms with E-state index in [9.17, 15) is 0 Å². The molecule has 1 aliphatic heterocycles. The zero-order chi connectivity index (χ0) is 9.57. The van der Waals surface area contributed by atoms with Crippen LogP contribution in [0.25, 0.3) is 0 Å². The van der Waals surface area contributed by atoms with Crippen LogP contribution in [0.1, 0.15) is 32.1 Å². The van der Waals surface area contributed by atoms with Crippen molar-refractivity contribution in [1.82, 2.24) is 0 Å². The van der Waals surface area contributed by atoms with Gasteiger partial charge in [0.2, 0.25) is 0 Å². The SMILES string of the molecule is COCCCCC[N+]1(C)CCCC1. The topological polar surface area (TPSA) is 9.23 Å². The molecule has 2 nitrogen and oxygen atoms in total. The number of likely N-dealkylation sites (tertiary alicyclic amines) is 1. The van der Waals surface area contributed by atoms with Crippen molar-refractivity contribution in [3.63, 3.8) is 0 Å². The first-order chi connectivity index (χ1) is 6.27. The van der Waals surface area contributed by atoms with Gasteiger partial charge in [-0.05, 0) is 19.3 Å². The van der Waals surface area contributed by atoms with Gasteiger partial charge in [-0.2, -0.15) is 0 Å². The third-order valence-corrected chi connectivity index (χ3v) is 3.19. The average Bonchev–Trinajstić information content (AvgIpc) is 2.53. The fraction of sp³-hybridized carbons (Fsp3) is 1.00. The predicted molar refractivity (Wildman–Crippen MR) is 55.7 cm³/mol. The summed E-state index contributed by atoms with van der Waals surface area (Å²) in [6.07, 6.45) is 6.82. The molecule has 0 amide bonds. The molecule has 0 bridgehead atoms. The maximum atomic E-state index is 5.03. The van der Waals surface area contributed by atoms with E-state index in [-0.39, 0.29) is 0 Å². The molecule has 0 atom stereocenters. The minimum absolute atomic E-state index is 0.934. The summed E-state index contributed by atoms with van der Waals surface area (Å²) in [6, 6.07) is 0. The van der Waals surface area contributed by atoms with Crippen molar-refractivity contribution in [2.24, 2.45) is 0 Å². The second-order valence-electron chi connectivity index (χ2n) is 4.55. The maximum absolute atomic E-state index is 5.03. The normalized spacial score (nSPS) is 20.8. The molecule has 1 rings (SSSR count). The number of nitrogens with zero attached hydrogens (tertiary/aromatic N) is 1. The van der Waals surface area contributed by atoms with E-state index in [1.165, 1.54) is 56.2 Å². The predicted octanol–water partition coefficient (Wildman–Crippen LogP) is 2.04. The highest BCUT2D eigenvalue weighted by molar-refractivity contribution is 4.52. The minimum Gasteiger partial charge on any atom is -0.385 e. The van der Waals surface area contributed by atoms with E-state index in [1.807, 2.05) is 0 Å². The molecule has 0 aromatic heterocycles. The Kier molecular flexibility index (Phi) is 4.74. The van der Waals surface area contributed by atoms with Gasteiger partial charge in [0, 0.05) is 26.6 Å². The maximum Gasteiger partial charge on any atom is 0.0786 e. The van der Waals surface area contributed by atoms with Gasteiger partial charge in [-0.3, -0.25) is 0 Å². The van der Waals surface area contributed by atoms with Crippen molar-refractivity contribution in [2.45, 2.75) is 32.1 Å². The van der Waals surface area contributed by atoms with Crippen molar-refractivity contribution < 1.29 is 9.22 Å². The van der Waals surface area contributed by atoms with Crippen molar-refractivity contribution in [3.05, 3.63) is 0 Å². The van der Waals surface area contributed by atoms with Crippen LogP contribution in [-0.4, -0.2) is 44.9 Å². The molecule has 0 spiro atoms. The molecule has 1 fully saturated rings. The van der Waals surface area contributed by atoms with E-state index in [1.54, 1.807) is 7.11 Å². The Labute approximate surface area is 82.5 Å². The lowest BCUT2D eigenvalue weighted by atomic mass is 10.2.